The van der Waals surface area contributed by atoms with Crippen LogP contribution in [0, 0.1) is 5.92 Å². The standard InChI is InChI=1S/C29H35BrN4O4/c1-16(2)19-8-5-18(6-9-19)15-32-27(36)23(10-11-25(31)35)33-28(37)24-14-21-13-22(30)12-20-7-4-17(3)29(38)34(24)26(20)21/h5-6,8-9,12-13,16-17,23-24H,4,7,10-11,14-15H2,1-3H3,(H2,31,35)(H,32,36)(H,33,37)/t17-,23-,24-/m0/s1. The van der Waals surface area contributed by atoms with Crippen molar-refractivity contribution in [1.29, 1.82) is 0 Å². The van der Waals surface area contributed by atoms with E-state index in [9.17, 15) is 19.2 Å². The van der Waals surface area contributed by atoms with Gasteiger partial charge in [-0.2, -0.15) is 0 Å². The van der Waals surface area contributed by atoms with Crippen LogP contribution >= 0.6 is 15.9 Å². The van der Waals surface area contributed by atoms with E-state index in [2.05, 4.69) is 40.4 Å². The molecule has 0 bridgehead atoms. The van der Waals surface area contributed by atoms with Crippen LogP contribution in [-0.4, -0.2) is 35.7 Å². The molecule has 4 rings (SSSR count). The van der Waals surface area contributed by atoms with Crippen LogP contribution in [0.5, 0.6) is 0 Å². The molecule has 4 N–H and O–H groups in total. The summed E-state index contributed by atoms with van der Waals surface area (Å²) in [7, 11) is 0. The molecule has 0 aliphatic carbocycles. The Morgan fingerprint density at radius 2 is 1.82 bits per heavy atom. The molecule has 3 atom stereocenters. The zero-order chi connectivity index (χ0) is 27.6. The van der Waals surface area contributed by atoms with Gasteiger partial charge in [-0.3, -0.25) is 24.1 Å². The number of nitrogens with zero attached hydrogens (tertiary/aromatic N) is 1. The van der Waals surface area contributed by atoms with Gasteiger partial charge in [-0.25, -0.2) is 0 Å². The summed E-state index contributed by atoms with van der Waals surface area (Å²) in [6.07, 6.45) is 1.83. The topological polar surface area (TPSA) is 122 Å². The van der Waals surface area contributed by atoms with E-state index in [0.717, 1.165) is 33.3 Å². The fourth-order valence-electron chi connectivity index (χ4n) is 5.19. The molecule has 0 aromatic heterocycles. The Morgan fingerprint density at radius 1 is 1.13 bits per heavy atom. The Bertz CT molecular complexity index is 1240. The van der Waals surface area contributed by atoms with Crippen molar-refractivity contribution in [3.05, 3.63) is 63.1 Å². The quantitative estimate of drug-likeness (QED) is 0.419. The Morgan fingerprint density at radius 3 is 2.47 bits per heavy atom. The Balaban J connectivity index is 1.50. The number of primary amides is 1. The first-order valence-corrected chi connectivity index (χ1v) is 13.9. The number of anilines is 1. The van der Waals surface area contributed by atoms with E-state index >= 15 is 0 Å². The van der Waals surface area contributed by atoms with Gasteiger partial charge in [0.1, 0.15) is 12.1 Å². The van der Waals surface area contributed by atoms with Crippen LogP contribution in [0.1, 0.15) is 68.2 Å². The van der Waals surface area contributed by atoms with Crippen LogP contribution in [0.2, 0.25) is 0 Å². The maximum atomic E-state index is 13.6. The van der Waals surface area contributed by atoms with E-state index < -0.39 is 29.8 Å². The van der Waals surface area contributed by atoms with Crippen molar-refractivity contribution in [3.63, 3.8) is 0 Å². The number of hydrogen-bond acceptors (Lipinski definition) is 4. The Labute approximate surface area is 231 Å². The highest BCUT2D eigenvalue weighted by Gasteiger charge is 2.43. The zero-order valence-corrected chi connectivity index (χ0v) is 23.6. The molecular weight excluding hydrogens is 548 g/mol. The number of carbonyl (C=O) groups is 4. The summed E-state index contributed by atoms with van der Waals surface area (Å²) in [4.78, 5) is 53.2. The molecule has 9 heteroatoms. The minimum absolute atomic E-state index is 0.0525. The number of amides is 4. The van der Waals surface area contributed by atoms with Crippen molar-refractivity contribution in [3.8, 4) is 0 Å². The second-order valence-corrected chi connectivity index (χ2v) is 11.5. The first-order chi connectivity index (χ1) is 18.0. The van der Waals surface area contributed by atoms with E-state index in [1.807, 2.05) is 43.3 Å². The van der Waals surface area contributed by atoms with E-state index in [4.69, 9.17) is 5.73 Å². The molecule has 4 amide bonds. The second kappa shape index (κ2) is 11.7. The molecule has 8 nitrogen and oxygen atoms in total. The first-order valence-electron chi connectivity index (χ1n) is 13.1. The van der Waals surface area contributed by atoms with Gasteiger partial charge >= 0.3 is 0 Å². The fraction of sp³-hybridized carbons (Fsp3) is 0.448. The number of nitrogens with two attached hydrogens (primary N) is 1. The lowest BCUT2D eigenvalue weighted by atomic mass is 9.99. The molecule has 0 unspecified atom stereocenters. The van der Waals surface area contributed by atoms with Crippen LogP contribution in [0.3, 0.4) is 0 Å². The third kappa shape index (κ3) is 6.09. The monoisotopic (exact) mass is 582 g/mol. The van der Waals surface area contributed by atoms with Gasteiger partial charge in [-0.1, -0.05) is 61.0 Å². The zero-order valence-electron chi connectivity index (χ0n) is 22.1. The predicted octanol–water partition coefficient (Wildman–Crippen LogP) is 3.48. The molecule has 0 spiro atoms. The van der Waals surface area contributed by atoms with Crippen LogP contribution in [-0.2, 0) is 38.6 Å². The summed E-state index contributed by atoms with van der Waals surface area (Å²) in [5.74, 6) is -1.28. The number of carbonyl (C=O) groups excluding carboxylic acids is 4. The van der Waals surface area contributed by atoms with Crippen LogP contribution in [0.15, 0.2) is 40.9 Å². The summed E-state index contributed by atoms with van der Waals surface area (Å²) >= 11 is 3.55. The normalized spacial score (nSPS) is 19.1. The maximum Gasteiger partial charge on any atom is 0.244 e. The molecule has 0 fully saturated rings. The Hall–Kier alpha value is -3.20. The van der Waals surface area contributed by atoms with Gasteiger partial charge in [0, 0.05) is 29.8 Å². The van der Waals surface area contributed by atoms with E-state index in [0.29, 0.717) is 18.8 Å². The third-order valence-corrected chi connectivity index (χ3v) is 7.89. The van der Waals surface area contributed by atoms with E-state index in [1.165, 1.54) is 5.56 Å². The summed E-state index contributed by atoms with van der Waals surface area (Å²) in [5, 5.41) is 5.69. The SMILES string of the molecule is CC(C)c1ccc(CNC(=O)[C@H](CCC(N)=O)NC(=O)[C@@H]2Cc3cc(Br)cc4c3N2C(=O)[C@@H](C)CC4)cc1. The molecule has 2 aromatic carbocycles. The molecule has 0 saturated heterocycles. The number of nitrogens with one attached hydrogen (secondary N) is 2. The first kappa shape index (κ1) is 27.8. The minimum Gasteiger partial charge on any atom is -0.370 e. The maximum absolute atomic E-state index is 13.6. The lowest BCUT2D eigenvalue weighted by Crippen LogP contribution is -2.55. The molecule has 202 valence electrons. The third-order valence-electron chi connectivity index (χ3n) is 7.43. The van der Waals surface area contributed by atoms with Crippen molar-refractivity contribution in [2.24, 2.45) is 11.7 Å². The number of halogens is 1. The predicted molar refractivity (Wildman–Crippen MR) is 149 cm³/mol. The van der Waals surface area contributed by atoms with Gasteiger partial charge in [0.05, 0.1) is 5.69 Å². The summed E-state index contributed by atoms with van der Waals surface area (Å²) in [6, 6.07) is 10.2. The number of hydrogen-bond donors (Lipinski definition) is 3. The fourth-order valence-corrected chi connectivity index (χ4v) is 5.74. The molecule has 2 aliphatic rings. The highest BCUT2D eigenvalue weighted by Crippen LogP contribution is 2.42. The average Bonchev–Trinajstić information content (AvgIpc) is 3.21. The molecule has 2 aliphatic heterocycles. The van der Waals surface area contributed by atoms with Crippen molar-refractivity contribution in [2.75, 3.05) is 4.90 Å². The van der Waals surface area contributed by atoms with Crippen molar-refractivity contribution in [1.82, 2.24) is 10.6 Å². The van der Waals surface area contributed by atoms with Crippen LogP contribution < -0.4 is 21.3 Å². The molecule has 2 aromatic rings. The summed E-state index contributed by atoms with van der Waals surface area (Å²) < 4.78 is 0.911. The number of aryl methyl sites for hydroxylation is 1. The lowest BCUT2D eigenvalue weighted by molar-refractivity contribution is -0.131. The second-order valence-electron chi connectivity index (χ2n) is 10.6. The molecule has 38 heavy (non-hydrogen) atoms. The van der Waals surface area contributed by atoms with Gasteiger partial charge in [0.2, 0.25) is 23.6 Å². The average molecular weight is 584 g/mol. The highest BCUT2D eigenvalue weighted by molar-refractivity contribution is 9.10. The van der Waals surface area contributed by atoms with Crippen LogP contribution in [0.25, 0.3) is 0 Å². The highest BCUT2D eigenvalue weighted by atomic mass is 79.9. The minimum atomic E-state index is -0.959. The summed E-state index contributed by atoms with van der Waals surface area (Å²) in [5.41, 5.74) is 10.3. The Kier molecular flexibility index (Phi) is 8.55. The van der Waals surface area contributed by atoms with E-state index in [-0.39, 0.29) is 31.2 Å². The van der Waals surface area contributed by atoms with Crippen molar-refractivity contribution < 1.29 is 19.2 Å². The molecule has 0 radical (unpaired) electrons. The van der Waals surface area contributed by atoms with Crippen molar-refractivity contribution >= 4 is 45.2 Å². The van der Waals surface area contributed by atoms with Gasteiger partial charge in [-0.15, -0.1) is 0 Å². The molecule has 2 heterocycles. The van der Waals surface area contributed by atoms with Gasteiger partial charge in [0.25, 0.3) is 0 Å². The largest absolute Gasteiger partial charge is 0.370 e. The number of rotatable bonds is 9. The van der Waals surface area contributed by atoms with Gasteiger partial charge in [0.15, 0.2) is 0 Å². The smallest absolute Gasteiger partial charge is 0.244 e. The molecular formula is C29H35BrN4O4. The van der Waals surface area contributed by atoms with Gasteiger partial charge in [-0.05, 0) is 59.6 Å². The summed E-state index contributed by atoms with van der Waals surface area (Å²) in [6.45, 7) is 6.40. The lowest BCUT2D eigenvalue weighted by Gasteiger charge is -2.28. The molecule has 0 saturated carbocycles. The van der Waals surface area contributed by atoms with Crippen LogP contribution in [0.4, 0.5) is 5.69 Å². The van der Waals surface area contributed by atoms with Crippen molar-refractivity contribution in [2.45, 2.75) is 77.4 Å². The van der Waals surface area contributed by atoms with E-state index in [1.54, 1.807) is 4.90 Å². The van der Waals surface area contributed by atoms with Gasteiger partial charge < -0.3 is 16.4 Å². The number of benzene rings is 2.